The van der Waals surface area contributed by atoms with Gasteiger partial charge in [0.05, 0.1) is 16.4 Å². The lowest BCUT2D eigenvalue weighted by atomic mass is 10.0. The van der Waals surface area contributed by atoms with Crippen molar-refractivity contribution in [1.29, 1.82) is 0 Å². The molecule has 0 saturated heterocycles. The van der Waals surface area contributed by atoms with Gasteiger partial charge in [-0.2, -0.15) is 23.1 Å². The minimum atomic E-state index is -4.65. The predicted molar refractivity (Wildman–Crippen MR) is 167 cm³/mol. The third-order valence-electron chi connectivity index (χ3n) is 5.35. The van der Waals surface area contributed by atoms with Gasteiger partial charge >= 0.3 is 6.18 Å². The van der Waals surface area contributed by atoms with Gasteiger partial charge in [0.15, 0.2) is 5.82 Å². The van der Waals surface area contributed by atoms with E-state index in [2.05, 4.69) is 70.1 Å². The fourth-order valence-electron chi connectivity index (χ4n) is 3.77. The zero-order chi connectivity index (χ0) is 32.5. The lowest BCUT2D eigenvalue weighted by Gasteiger charge is -2.25. The van der Waals surface area contributed by atoms with E-state index >= 15 is 0 Å². The number of aryl methyl sites for hydroxylation is 1. The number of halogens is 5. The molecule has 0 fully saturated rings. The zero-order valence-corrected chi connectivity index (χ0v) is 26.7. The maximum absolute atomic E-state index is 12.5. The summed E-state index contributed by atoms with van der Waals surface area (Å²) in [5.74, 6) is -0.929. The van der Waals surface area contributed by atoms with E-state index in [4.69, 9.17) is 23.2 Å². The van der Waals surface area contributed by atoms with Crippen LogP contribution < -0.4 is 10.6 Å². The molecule has 4 aromatic rings. The van der Waals surface area contributed by atoms with Gasteiger partial charge in [-0.05, 0) is 74.9 Å². The highest BCUT2D eigenvalue weighted by Crippen LogP contribution is 2.30. The van der Waals surface area contributed by atoms with Crippen LogP contribution in [-0.2, 0) is 12.7 Å². The normalized spacial score (nSPS) is 11.1. The molecule has 14 heteroatoms. The van der Waals surface area contributed by atoms with Crippen LogP contribution in [0.3, 0.4) is 0 Å². The fourth-order valence-corrected chi connectivity index (χ4v) is 4.25. The Labute approximate surface area is 259 Å². The molecule has 0 atom stereocenters. The first-order valence-electron chi connectivity index (χ1n) is 13.3. The molecule has 4 rings (SSSR count). The van der Waals surface area contributed by atoms with Gasteiger partial charge < -0.3 is 10.6 Å². The smallest absolute Gasteiger partial charge is 0.387 e. The molecule has 0 unspecified atom stereocenters. The Balaban J connectivity index is 0.000000300. The number of tetrazole rings is 1. The number of benzene rings is 1. The standard InChI is InChI=1S/C14H21ClN2.C13H9ClF3N7.C2H6/c1-9-7-11(15)8-12(13(9)16-6)10(2)17-14(3,4)5;1-2-9-6-8(7-23-21-12(19-22-23)13(15,16)17)20-24(9)11-10(14)4-3-5-18-11;1-2/h7-8,16-17H,2H2,1,3-6H3;2-6H,1,7H2;1-2H3. The minimum Gasteiger partial charge on any atom is -0.387 e. The van der Waals surface area contributed by atoms with Crippen molar-refractivity contribution in [1.82, 2.24) is 40.3 Å². The van der Waals surface area contributed by atoms with Crippen LogP contribution >= 0.6 is 23.2 Å². The van der Waals surface area contributed by atoms with Crippen molar-refractivity contribution in [2.24, 2.45) is 0 Å². The van der Waals surface area contributed by atoms with Crippen LogP contribution in [0.2, 0.25) is 10.0 Å². The first kappa shape index (κ1) is 35.3. The van der Waals surface area contributed by atoms with E-state index in [0.29, 0.717) is 22.2 Å². The van der Waals surface area contributed by atoms with Crippen molar-refractivity contribution in [3.8, 4) is 5.82 Å². The van der Waals surface area contributed by atoms with Gasteiger partial charge in [0.2, 0.25) is 0 Å². The first-order chi connectivity index (χ1) is 20.1. The Bertz CT molecular complexity index is 1540. The van der Waals surface area contributed by atoms with Crippen molar-refractivity contribution in [2.75, 3.05) is 12.4 Å². The third kappa shape index (κ3) is 9.82. The molecule has 43 heavy (non-hydrogen) atoms. The first-order valence-corrected chi connectivity index (χ1v) is 14.0. The van der Waals surface area contributed by atoms with Gasteiger partial charge in [0.25, 0.3) is 5.82 Å². The van der Waals surface area contributed by atoms with E-state index in [1.54, 1.807) is 24.4 Å². The van der Waals surface area contributed by atoms with E-state index in [9.17, 15) is 13.2 Å². The van der Waals surface area contributed by atoms with Crippen molar-refractivity contribution in [3.63, 3.8) is 0 Å². The van der Waals surface area contributed by atoms with Gasteiger partial charge in [-0.1, -0.05) is 50.2 Å². The molecule has 0 radical (unpaired) electrons. The van der Waals surface area contributed by atoms with Crippen LogP contribution in [-0.4, -0.2) is 47.6 Å². The molecular weight excluding hydrogens is 602 g/mol. The molecule has 0 amide bonds. The van der Waals surface area contributed by atoms with Gasteiger partial charge in [0, 0.05) is 40.8 Å². The summed E-state index contributed by atoms with van der Waals surface area (Å²) in [6.45, 7) is 20.0. The minimum absolute atomic E-state index is 0.0156. The molecule has 0 spiro atoms. The number of nitrogens with one attached hydrogen (secondary N) is 2. The lowest BCUT2D eigenvalue weighted by Crippen LogP contribution is -2.34. The number of pyridine rings is 1. The Morgan fingerprint density at radius 2 is 1.77 bits per heavy atom. The summed E-state index contributed by atoms with van der Waals surface area (Å²) in [5, 5.41) is 21.6. The molecule has 0 aliphatic rings. The second-order valence-corrected chi connectivity index (χ2v) is 10.7. The van der Waals surface area contributed by atoms with Gasteiger partial charge in [-0.3, -0.25) is 0 Å². The molecule has 0 saturated carbocycles. The molecule has 0 aliphatic carbocycles. The number of hydrogen-bond acceptors (Lipinski definition) is 7. The number of nitrogens with zero attached hydrogens (tertiary/aromatic N) is 7. The van der Waals surface area contributed by atoms with Crippen molar-refractivity contribution in [3.05, 3.63) is 88.1 Å². The summed E-state index contributed by atoms with van der Waals surface area (Å²) < 4.78 is 38.9. The maximum atomic E-state index is 12.5. The van der Waals surface area contributed by atoms with Crippen LogP contribution in [0.4, 0.5) is 18.9 Å². The summed E-state index contributed by atoms with van der Waals surface area (Å²) in [5.41, 5.74) is 5.04. The Hall–Kier alpha value is -3.90. The molecule has 0 bridgehead atoms. The number of alkyl halides is 3. The Morgan fingerprint density at radius 3 is 2.30 bits per heavy atom. The highest BCUT2D eigenvalue weighted by Gasteiger charge is 2.36. The summed E-state index contributed by atoms with van der Waals surface area (Å²) >= 11 is 12.2. The summed E-state index contributed by atoms with van der Waals surface area (Å²) in [7, 11) is 1.91. The van der Waals surface area contributed by atoms with E-state index < -0.39 is 12.0 Å². The van der Waals surface area contributed by atoms with Crippen LogP contribution in [0.1, 0.15) is 63.0 Å². The van der Waals surface area contributed by atoms with Crippen LogP contribution in [0.25, 0.3) is 17.6 Å². The molecular formula is C29H36Cl2F3N9. The number of rotatable bonds is 7. The highest BCUT2D eigenvalue weighted by molar-refractivity contribution is 6.32. The predicted octanol–water partition coefficient (Wildman–Crippen LogP) is 7.69. The van der Waals surface area contributed by atoms with Gasteiger partial charge in [-0.15, -0.1) is 10.2 Å². The molecule has 9 nitrogen and oxygen atoms in total. The Kier molecular flexibility index (Phi) is 12.3. The van der Waals surface area contributed by atoms with Crippen molar-refractivity contribution < 1.29 is 13.2 Å². The largest absolute Gasteiger partial charge is 0.455 e. The SMILES string of the molecule is C=C(NC(C)(C)C)c1cc(Cl)cc(C)c1NC.C=Cc1cc(Cn2nnc(C(F)(F)F)n2)nn1-c1ncccc1Cl.CC. The molecule has 0 aliphatic heterocycles. The highest BCUT2D eigenvalue weighted by atomic mass is 35.5. The maximum Gasteiger partial charge on any atom is 0.455 e. The molecule has 2 N–H and O–H groups in total. The monoisotopic (exact) mass is 637 g/mol. The van der Waals surface area contributed by atoms with Crippen LogP contribution in [0, 0.1) is 6.92 Å². The average molecular weight is 639 g/mol. The third-order valence-corrected chi connectivity index (χ3v) is 5.86. The fraction of sp³-hybridized carbons (Fsp3) is 0.345. The van der Waals surface area contributed by atoms with Gasteiger partial charge in [0.1, 0.15) is 6.54 Å². The molecule has 3 heterocycles. The second-order valence-electron chi connectivity index (χ2n) is 9.88. The van der Waals surface area contributed by atoms with Crippen molar-refractivity contribution >= 4 is 40.7 Å². The van der Waals surface area contributed by atoms with E-state index in [1.807, 2.05) is 40.0 Å². The van der Waals surface area contributed by atoms with Gasteiger partial charge in [-0.25, -0.2) is 9.67 Å². The topological polar surface area (TPSA) is 98.4 Å². The van der Waals surface area contributed by atoms with E-state index in [-0.39, 0.29) is 12.1 Å². The summed E-state index contributed by atoms with van der Waals surface area (Å²) in [6.07, 6.45) is -1.58. The van der Waals surface area contributed by atoms with E-state index in [0.717, 1.165) is 32.3 Å². The number of hydrogen-bond donors (Lipinski definition) is 2. The van der Waals surface area contributed by atoms with Crippen LogP contribution in [0.15, 0.2) is 49.7 Å². The zero-order valence-electron chi connectivity index (χ0n) is 25.2. The van der Waals surface area contributed by atoms with Crippen LogP contribution in [0.5, 0.6) is 0 Å². The Morgan fingerprint density at radius 1 is 1.09 bits per heavy atom. The number of aromatic nitrogens is 7. The molecule has 1 aromatic carbocycles. The molecule has 232 valence electrons. The lowest BCUT2D eigenvalue weighted by molar-refractivity contribution is -0.145. The van der Waals surface area contributed by atoms with E-state index in [1.165, 1.54) is 10.8 Å². The van der Waals surface area contributed by atoms with Crippen molar-refractivity contribution in [2.45, 2.75) is 59.8 Å². The number of anilines is 1. The summed E-state index contributed by atoms with van der Waals surface area (Å²) in [4.78, 5) is 4.94. The molecule has 3 aromatic heterocycles. The summed E-state index contributed by atoms with van der Waals surface area (Å²) in [6, 6.07) is 8.81. The second kappa shape index (κ2) is 15.0. The average Bonchev–Trinajstić information content (AvgIpc) is 3.56. The quantitative estimate of drug-likeness (QED) is 0.214.